The van der Waals surface area contributed by atoms with Crippen LogP contribution in [0.2, 0.25) is 0 Å². The fourth-order valence-electron chi connectivity index (χ4n) is 3.20. The standard InChI is InChI=1S/C20H21N3O5S2/c1-13-2-4-14(5-3-13)22-30(26,27)15-6-7-17-16(12-15)21-19(24)18(29-17)20(25)23-8-10-28-11-9-23/h2-7,12,18,22H,8-11H2,1H3,(H,21,24)/t18-/m1/s1. The average molecular weight is 448 g/mol. The molecule has 1 fully saturated rings. The minimum atomic E-state index is -3.82. The maximum atomic E-state index is 12.7. The second-order valence-corrected chi connectivity index (χ2v) is 9.88. The lowest BCUT2D eigenvalue weighted by Gasteiger charge is -2.31. The van der Waals surface area contributed by atoms with E-state index in [-0.39, 0.29) is 10.8 Å². The molecule has 2 aromatic carbocycles. The zero-order valence-corrected chi connectivity index (χ0v) is 17.9. The van der Waals surface area contributed by atoms with Crippen molar-refractivity contribution >= 4 is 45.0 Å². The number of thioether (sulfide) groups is 1. The van der Waals surface area contributed by atoms with Gasteiger partial charge >= 0.3 is 0 Å². The largest absolute Gasteiger partial charge is 0.378 e. The molecule has 2 amide bonds. The number of carbonyl (C=O) groups is 2. The lowest BCUT2D eigenvalue weighted by atomic mass is 10.2. The molecule has 158 valence electrons. The predicted octanol–water partition coefficient (Wildman–Crippen LogP) is 2.07. The summed E-state index contributed by atoms with van der Waals surface area (Å²) in [6, 6.07) is 11.5. The van der Waals surface area contributed by atoms with E-state index in [0.29, 0.717) is 42.6 Å². The average Bonchev–Trinajstić information content (AvgIpc) is 2.74. The van der Waals surface area contributed by atoms with E-state index in [0.717, 1.165) is 17.3 Å². The van der Waals surface area contributed by atoms with Gasteiger partial charge in [0.25, 0.3) is 10.0 Å². The SMILES string of the molecule is Cc1ccc(NS(=O)(=O)c2ccc3c(c2)NC(=O)[C@H](C(=O)N2CCOCC2)S3)cc1. The topological polar surface area (TPSA) is 105 Å². The molecule has 30 heavy (non-hydrogen) atoms. The van der Waals surface area contributed by atoms with E-state index in [1.807, 2.05) is 19.1 Å². The number of carbonyl (C=O) groups excluding carboxylic acids is 2. The van der Waals surface area contributed by atoms with E-state index in [4.69, 9.17) is 4.74 Å². The van der Waals surface area contributed by atoms with Gasteiger partial charge in [-0.3, -0.25) is 14.3 Å². The summed E-state index contributed by atoms with van der Waals surface area (Å²) in [5.41, 5.74) is 1.85. The third-order valence-electron chi connectivity index (χ3n) is 4.85. The van der Waals surface area contributed by atoms with Crippen LogP contribution >= 0.6 is 11.8 Å². The van der Waals surface area contributed by atoms with Crippen LogP contribution < -0.4 is 10.0 Å². The first-order valence-corrected chi connectivity index (χ1v) is 11.8. The van der Waals surface area contributed by atoms with Crippen LogP contribution in [0.3, 0.4) is 0 Å². The van der Waals surface area contributed by atoms with Crippen molar-refractivity contribution in [3.05, 3.63) is 48.0 Å². The zero-order valence-electron chi connectivity index (χ0n) is 16.3. The summed E-state index contributed by atoms with van der Waals surface area (Å²) in [6.07, 6.45) is 0. The molecule has 8 nitrogen and oxygen atoms in total. The fraction of sp³-hybridized carbons (Fsp3) is 0.300. The van der Waals surface area contributed by atoms with Crippen molar-refractivity contribution in [2.45, 2.75) is 22.0 Å². The normalized spacial score (nSPS) is 19.0. The lowest BCUT2D eigenvalue weighted by molar-refractivity contribution is -0.137. The van der Waals surface area contributed by atoms with Gasteiger partial charge in [-0.2, -0.15) is 0 Å². The Kier molecular flexibility index (Phi) is 5.72. The Balaban J connectivity index is 1.53. The molecular formula is C20H21N3O5S2. The molecule has 0 saturated carbocycles. The summed E-state index contributed by atoms with van der Waals surface area (Å²) in [6.45, 7) is 3.74. The molecule has 4 rings (SSSR count). The number of sulfonamides is 1. The Hall–Kier alpha value is -2.56. The summed E-state index contributed by atoms with van der Waals surface area (Å²) >= 11 is 1.13. The summed E-state index contributed by atoms with van der Waals surface area (Å²) in [5.74, 6) is -0.714. The molecule has 0 aliphatic carbocycles. The number of anilines is 2. The van der Waals surface area contributed by atoms with E-state index in [1.54, 1.807) is 23.1 Å². The van der Waals surface area contributed by atoms with E-state index in [9.17, 15) is 18.0 Å². The van der Waals surface area contributed by atoms with E-state index < -0.39 is 21.2 Å². The molecule has 1 atom stereocenters. The second kappa shape index (κ2) is 8.29. The minimum absolute atomic E-state index is 0.0284. The number of hydrogen-bond acceptors (Lipinski definition) is 6. The van der Waals surface area contributed by atoms with Crippen molar-refractivity contribution in [2.24, 2.45) is 0 Å². The molecule has 0 aromatic heterocycles. The first kappa shape index (κ1) is 20.7. The first-order valence-electron chi connectivity index (χ1n) is 9.41. The van der Waals surface area contributed by atoms with Crippen LogP contribution in [-0.2, 0) is 24.3 Å². The second-order valence-electron chi connectivity index (χ2n) is 7.05. The van der Waals surface area contributed by atoms with Gasteiger partial charge in [-0.1, -0.05) is 17.7 Å². The highest BCUT2D eigenvalue weighted by Gasteiger charge is 2.36. The van der Waals surface area contributed by atoms with Gasteiger partial charge in [-0.15, -0.1) is 11.8 Å². The van der Waals surface area contributed by atoms with Gasteiger partial charge in [0.15, 0.2) is 5.25 Å². The molecule has 0 spiro atoms. The number of benzene rings is 2. The van der Waals surface area contributed by atoms with Crippen LogP contribution in [-0.4, -0.2) is 56.7 Å². The number of nitrogens with zero attached hydrogens (tertiary/aromatic N) is 1. The van der Waals surface area contributed by atoms with Crippen LogP contribution in [0.15, 0.2) is 52.3 Å². The third-order valence-corrected chi connectivity index (χ3v) is 7.49. The molecule has 2 aliphatic rings. The molecule has 0 radical (unpaired) electrons. The van der Waals surface area contributed by atoms with Crippen molar-refractivity contribution in [3.63, 3.8) is 0 Å². The maximum Gasteiger partial charge on any atom is 0.261 e. The third kappa shape index (κ3) is 4.30. The first-order chi connectivity index (χ1) is 14.3. The van der Waals surface area contributed by atoms with Crippen molar-refractivity contribution in [1.82, 2.24) is 4.90 Å². The molecular weight excluding hydrogens is 426 g/mol. The number of amides is 2. The molecule has 2 aromatic rings. The zero-order chi connectivity index (χ0) is 21.3. The van der Waals surface area contributed by atoms with Gasteiger partial charge in [-0.05, 0) is 37.3 Å². The summed E-state index contributed by atoms with van der Waals surface area (Å²) < 4.78 is 33.2. The van der Waals surface area contributed by atoms with Crippen molar-refractivity contribution in [3.8, 4) is 0 Å². The Morgan fingerprint density at radius 1 is 1.17 bits per heavy atom. The number of rotatable bonds is 4. The van der Waals surface area contributed by atoms with Crippen LogP contribution in [0, 0.1) is 6.92 Å². The predicted molar refractivity (Wildman–Crippen MR) is 114 cm³/mol. The quantitative estimate of drug-likeness (QED) is 0.696. The van der Waals surface area contributed by atoms with Gasteiger partial charge in [0.2, 0.25) is 11.8 Å². The van der Waals surface area contributed by atoms with Gasteiger partial charge in [-0.25, -0.2) is 8.42 Å². The van der Waals surface area contributed by atoms with Crippen LogP contribution in [0.25, 0.3) is 0 Å². The number of ether oxygens (including phenoxy) is 1. The molecule has 2 N–H and O–H groups in total. The fourth-order valence-corrected chi connectivity index (χ4v) is 5.34. The molecule has 0 bridgehead atoms. The number of hydrogen-bond donors (Lipinski definition) is 2. The van der Waals surface area contributed by atoms with Crippen molar-refractivity contribution in [2.75, 3.05) is 36.3 Å². The molecule has 10 heteroatoms. The molecule has 2 heterocycles. The Bertz CT molecular complexity index is 1080. The highest BCUT2D eigenvalue weighted by atomic mass is 32.2. The Morgan fingerprint density at radius 2 is 1.87 bits per heavy atom. The molecule has 1 saturated heterocycles. The van der Waals surface area contributed by atoms with Gasteiger partial charge < -0.3 is 15.0 Å². The van der Waals surface area contributed by atoms with Gasteiger partial charge in [0.1, 0.15) is 0 Å². The highest BCUT2D eigenvalue weighted by Crippen LogP contribution is 2.38. The van der Waals surface area contributed by atoms with Crippen molar-refractivity contribution < 1.29 is 22.7 Å². The van der Waals surface area contributed by atoms with Crippen LogP contribution in [0.4, 0.5) is 11.4 Å². The lowest BCUT2D eigenvalue weighted by Crippen LogP contribution is -2.49. The van der Waals surface area contributed by atoms with Crippen LogP contribution in [0.1, 0.15) is 5.56 Å². The smallest absolute Gasteiger partial charge is 0.261 e. The van der Waals surface area contributed by atoms with E-state index in [2.05, 4.69) is 10.0 Å². The molecule has 2 aliphatic heterocycles. The number of morpholine rings is 1. The van der Waals surface area contributed by atoms with Crippen LogP contribution in [0.5, 0.6) is 0 Å². The number of fused-ring (bicyclic) bond motifs is 1. The number of nitrogens with one attached hydrogen (secondary N) is 2. The highest BCUT2D eigenvalue weighted by molar-refractivity contribution is 8.01. The monoisotopic (exact) mass is 447 g/mol. The number of aryl methyl sites for hydroxylation is 1. The Morgan fingerprint density at radius 3 is 2.57 bits per heavy atom. The minimum Gasteiger partial charge on any atom is -0.378 e. The Labute approximate surface area is 179 Å². The van der Waals surface area contributed by atoms with Crippen molar-refractivity contribution in [1.29, 1.82) is 0 Å². The maximum absolute atomic E-state index is 12.7. The van der Waals surface area contributed by atoms with E-state index in [1.165, 1.54) is 12.1 Å². The summed E-state index contributed by atoms with van der Waals surface area (Å²) in [7, 11) is -3.82. The van der Waals surface area contributed by atoms with Gasteiger partial charge in [0.05, 0.1) is 23.8 Å². The van der Waals surface area contributed by atoms with Gasteiger partial charge in [0, 0.05) is 23.7 Å². The van der Waals surface area contributed by atoms with E-state index >= 15 is 0 Å². The molecule has 0 unspecified atom stereocenters. The summed E-state index contributed by atoms with van der Waals surface area (Å²) in [4.78, 5) is 27.6. The summed E-state index contributed by atoms with van der Waals surface area (Å²) in [5, 5.41) is 1.78.